The highest BCUT2D eigenvalue weighted by Gasteiger charge is 2.31. The van der Waals surface area contributed by atoms with Gasteiger partial charge in [-0.25, -0.2) is 0 Å². The van der Waals surface area contributed by atoms with E-state index in [1.807, 2.05) is 6.92 Å². The molecule has 3 atom stereocenters. The first-order valence-corrected chi connectivity index (χ1v) is 5.31. The van der Waals surface area contributed by atoms with Gasteiger partial charge in [0.15, 0.2) is 0 Å². The standard InChI is InChI=1S/C11H20O2/c1-4-13-11(12)10-6-5-8(2)7-9(10)3/h8-10H,4-7H2,1-3H3. The van der Waals surface area contributed by atoms with Crippen LogP contribution in [0.25, 0.3) is 0 Å². The van der Waals surface area contributed by atoms with Crippen molar-refractivity contribution in [1.29, 1.82) is 0 Å². The van der Waals surface area contributed by atoms with Crippen molar-refractivity contribution in [3.63, 3.8) is 0 Å². The van der Waals surface area contributed by atoms with Gasteiger partial charge >= 0.3 is 5.97 Å². The lowest BCUT2D eigenvalue weighted by Crippen LogP contribution is -2.29. The number of hydrogen-bond acceptors (Lipinski definition) is 2. The van der Waals surface area contributed by atoms with Crippen LogP contribution in [0.4, 0.5) is 0 Å². The molecule has 1 aliphatic rings. The highest BCUT2D eigenvalue weighted by molar-refractivity contribution is 5.72. The molecule has 1 rings (SSSR count). The SMILES string of the molecule is CCOC(=O)C1CCC(C)CC1C. The Labute approximate surface area is 80.7 Å². The summed E-state index contributed by atoms with van der Waals surface area (Å²) in [4.78, 5) is 11.5. The maximum absolute atomic E-state index is 11.5. The molecule has 1 fully saturated rings. The van der Waals surface area contributed by atoms with Crippen molar-refractivity contribution < 1.29 is 9.53 Å². The Bertz CT molecular complexity index is 177. The van der Waals surface area contributed by atoms with Crippen LogP contribution in [0.5, 0.6) is 0 Å². The van der Waals surface area contributed by atoms with Crippen LogP contribution >= 0.6 is 0 Å². The van der Waals surface area contributed by atoms with Crippen LogP contribution in [0.3, 0.4) is 0 Å². The molecular weight excluding hydrogens is 164 g/mol. The van der Waals surface area contributed by atoms with Crippen LogP contribution in [0.1, 0.15) is 40.0 Å². The lowest BCUT2D eigenvalue weighted by atomic mass is 9.76. The number of carbonyl (C=O) groups is 1. The second-order valence-corrected chi connectivity index (χ2v) is 4.25. The summed E-state index contributed by atoms with van der Waals surface area (Å²) in [7, 11) is 0. The van der Waals surface area contributed by atoms with Gasteiger partial charge in [-0.15, -0.1) is 0 Å². The minimum atomic E-state index is 0.0156. The maximum atomic E-state index is 11.5. The first-order valence-electron chi connectivity index (χ1n) is 5.31. The molecule has 0 N–H and O–H groups in total. The molecule has 0 radical (unpaired) electrons. The van der Waals surface area contributed by atoms with Gasteiger partial charge in [0, 0.05) is 0 Å². The molecule has 0 amide bonds. The second-order valence-electron chi connectivity index (χ2n) is 4.25. The van der Waals surface area contributed by atoms with E-state index in [1.54, 1.807) is 0 Å². The molecule has 0 heterocycles. The fraction of sp³-hybridized carbons (Fsp3) is 0.909. The normalized spacial score (nSPS) is 34.2. The van der Waals surface area contributed by atoms with Gasteiger partial charge in [0.1, 0.15) is 0 Å². The number of rotatable bonds is 2. The van der Waals surface area contributed by atoms with E-state index in [1.165, 1.54) is 12.8 Å². The van der Waals surface area contributed by atoms with Crippen LogP contribution in [-0.2, 0) is 9.53 Å². The average Bonchev–Trinajstić information content (AvgIpc) is 2.04. The summed E-state index contributed by atoms with van der Waals surface area (Å²) in [6.07, 6.45) is 3.36. The van der Waals surface area contributed by atoms with Crippen molar-refractivity contribution in [3.05, 3.63) is 0 Å². The Balaban J connectivity index is 2.45. The molecule has 0 bridgehead atoms. The lowest BCUT2D eigenvalue weighted by Gasteiger charge is -2.30. The van der Waals surface area contributed by atoms with Crippen LogP contribution in [0, 0.1) is 17.8 Å². The molecule has 0 saturated heterocycles. The van der Waals surface area contributed by atoms with Crippen molar-refractivity contribution in [2.45, 2.75) is 40.0 Å². The minimum absolute atomic E-state index is 0.0156. The van der Waals surface area contributed by atoms with E-state index in [-0.39, 0.29) is 11.9 Å². The van der Waals surface area contributed by atoms with Gasteiger partial charge in [-0.2, -0.15) is 0 Å². The van der Waals surface area contributed by atoms with E-state index in [4.69, 9.17) is 4.74 Å². The number of carbonyl (C=O) groups excluding carboxylic acids is 1. The van der Waals surface area contributed by atoms with Crippen LogP contribution in [-0.4, -0.2) is 12.6 Å². The molecule has 1 aliphatic carbocycles. The molecule has 0 aromatic carbocycles. The van der Waals surface area contributed by atoms with Gasteiger partial charge in [0.2, 0.25) is 0 Å². The van der Waals surface area contributed by atoms with Gasteiger partial charge < -0.3 is 4.74 Å². The number of hydrogen-bond donors (Lipinski definition) is 0. The first kappa shape index (κ1) is 10.6. The van der Waals surface area contributed by atoms with Crippen LogP contribution in [0.2, 0.25) is 0 Å². The summed E-state index contributed by atoms with van der Waals surface area (Å²) in [5.74, 6) is 1.46. The molecule has 1 saturated carbocycles. The summed E-state index contributed by atoms with van der Waals surface area (Å²) in [5.41, 5.74) is 0. The van der Waals surface area contributed by atoms with Crippen molar-refractivity contribution in [1.82, 2.24) is 0 Å². The predicted molar refractivity (Wildman–Crippen MR) is 52.3 cm³/mol. The quantitative estimate of drug-likeness (QED) is 0.617. The van der Waals surface area contributed by atoms with E-state index in [0.29, 0.717) is 12.5 Å². The zero-order valence-electron chi connectivity index (χ0n) is 8.88. The largest absolute Gasteiger partial charge is 0.466 e. The van der Waals surface area contributed by atoms with E-state index in [0.717, 1.165) is 12.3 Å². The second kappa shape index (κ2) is 4.64. The molecular formula is C11H20O2. The predicted octanol–water partition coefficient (Wildman–Crippen LogP) is 2.62. The van der Waals surface area contributed by atoms with E-state index in [2.05, 4.69) is 13.8 Å². The lowest BCUT2D eigenvalue weighted by molar-refractivity contribution is -0.151. The van der Waals surface area contributed by atoms with Crippen molar-refractivity contribution >= 4 is 5.97 Å². The summed E-state index contributed by atoms with van der Waals surface area (Å²) >= 11 is 0. The summed E-state index contributed by atoms with van der Waals surface area (Å²) in [5, 5.41) is 0. The van der Waals surface area contributed by atoms with E-state index >= 15 is 0 Å². The molecule has 0 aromatic rings. The summed E-state index contributed by atoms with van der Waals surface area (Å²) in [6, 6.07) is 0. The fourth-order valence-corrected chi connectivity index (χ4v) is 2.26. The Kier molecular flexibility index (Phi) is 3.76. The molecule has 0 aliphatic heterocycles. The molecule has 2 nitrogen and oxygen atoms in total. The van der Waals surface area contributed by atoms with Crippen LogP contribution < -0.4 is 0 Å². The molecule has 3 unspecified atom stereocenters. The van der Waals surface area contributed by atoms with Gasteiger partial charge in [-0.3, -0.25) is 4.79 Å². The van der Waals surface area contributed by atoms with Gasteiger partial charge in [-0.1, -0.05) is 13.8 Å². The summed E-state index contributed by atoms with van der Waals surface area (Å²) in [6.45, 7) is 6.81. The highest BCUT2D eigenvalue weighted by Crippen LogP contribution is 2.33. The summed E-state index contributed by atoms with van der Waals surface area (Å²) < 4.78 is 5.05. The Morgan fingerprint density at radius 2 is 2.08 bits per heavy atom. The Hall–Kier alpha value is -0.530. The number of ether oxygens (including phenoxy) is 1. The molecule has 13 heavy (non-hydrogen) atoms. The zero-order valence-corrected chi connectivity index (χ0v) is 8.88. The van der Waals surface area contributed by atoms with E-state index < -0.39 is 0 Å². The topological polar surface area (TPSA) is 26.3 Å². The monoisotopic (exact) mass is 184 g/mol. The smallest absolute Gasteiger partial charge is 0.309 e. The van der Waals surface area contributed by atoms with E-state index in [9.17, 15) is 4.79 Å². The maximum Gasteiger partial charge on any atom is 0.309 e. The third-order valence-electron chi connectivity index (χ3n) is 3.02. The highest BCUT2D eigenvalue weighted by atomic mass is 16.5. The first-order chi connectivity index (χ1) is 6.15. The van der Waals surface area contributed by atoms with Crippen molar-refractivity contribution in [2.24, 2.45) is 17.8 Å². The zero-order chi connectivity index (χ0) is 9.84. The molecule has 76 valence electrons. The van der Waals surface area contributed by atoms with Gasteiger partial charge in [0.25, 0.3) is 0 Å². The van der Waals surface area contributed by atoms with Gasteiger partial charge in [0.05, 0.1) is 12.5 Å². The van der Waals surface area contributed by atoms with Gasteiger partial charge in [-0.05, 0) is 38.0 Å². The van der Waals surface area contributed by atoms with Crippen molar-refractivity contribution in [2.75, 3.05) is 6.61 Å². The van der Waals surface area contributed by atoms with Crippen molar-refractivity contribution in [3.8, 4) is 0 Å². The Morgan fingerprint density at radius 3 is 2.62 bits per heavy atom. The third-order valence-corrected chi connectivity index (χ3v) is 3.02. The fourth-order valence-electron chi connectivity index (χ4n) is 2.26. The molecule has 2 heteroatoms. The Morgan fingerprint density at radius 1 is 1.38 bits per heavy atom. The molecule has 0 spiro atoms. The minimum Gasteiger partial charge on any atom is -0.466 e. The van der Waals surface area contributed by atoms with Crippen LogP contribution in [0.15, 0.2) is 0 Å². The number of esters is 1. The molecule has 0 aromatic heterocycles. The average molecular weight is 184 g/mol. The third kappa shape index (κ3) is 2.71.